The van der Waals surface area contributed by atoms with Gasteiger partial charge in [0.25, 0.3) is 0 Å². The number of likely N-dealkylation sites (N-methyl/N-ethyl adjacent to an activating group) is 2. The zero-order valence-corrected chi connectivity index (χ0v) is 9.08. The summed E-state index contributed by atoms with van der Waals surface area (Å²) in [5, 5.41) is 0. The maximum Gasteiger partial charge on any atom is 0.0371 e. The highest BCUT2D eigenvalue weighted by Gasteiger charge is 2.14. The summed E-state index contributed by atoms with van der Waals surface area (Å²) in [6.45, 7) is 9.66. The van der Waals surface area contributed by atoms with Gasteiger partial charge in [0.15, 0.2) is 0 Å². The first-order chi connectivity index (χ1) is 6.09. The van der Waals surface area contributed by atoms with Crippen molar-refractivity contribution in [2.24, 2.45) is 0 Å². The zero-order chi connectivity index (χ0) is 9.84. The van der Waals surface area contributed by atoms with E-state index < -0.39 is 0 Å². The van der Waals surface area contributed by atoms with E-state index in [4.69, 9.17) is 0 Å². The number of hydrogen-bond acceptors (Lipinski definition) is 3. The van der Waals surface area contributed by atoms with Crippen molar-refractivity contribution in [1.82, 2.24) is 14.7 Å². The molecule has 76 valence electrons. The Morgan fingerprint density at radius 3 is 2.23 bits per heavy atom. The molecule has 1 aliphatic rings. The van der Waals surface area contributed by atoms with Crippen LogP contribution in [-0.4, -0.2) is 68.6 Å². The van der Waals surface area contributed by atoms with E-state index in [2.05, 4.69) is 42.4 Å². The van der Waals surface area contributed by atoms with Crippen LogP contribution in [0, 0.1) is 0 Å². The van der Waals surface area contributed by atoms with E-state index in [0.717, 1.165) is 32.7 Å². The van der Waals surface area contributed by atoms with Crippen LogP contribution in [0.15, 0.2) is 12.3 Å². The van der Waals surface area contributed by atoms with E-state index in [1.165, 1.54) is 5.70 Å². The molecule has 0 unspecified atom stereocenters. The molecule has 0 atom stereocenters. The lowest BCUT2D eigenvalue weighted by Crippen LogP contribution is -2.45. The number of rotatable bonds is 3. The predicted octanol–water partition coefficient (Wildman–Crippen LogP) is 0.309. The van der Waals surface area contributed by atoms with Crippen LogP contribution < -0.4 is 0 Å². The van der Waals surface area contributed by atoms with Crippen LogP contribution in [0.2, 0.25) is 0 Å². The van der Waals surface area contributed by atoms with Gasteiger partial charge < -0.3 is 14.7 Å². The quantitative estimate of drug-likeness (QED) is 0.623. The number of hydrogen-bond donors (Lipinski definition) is 0. The van der Waals surface area contributed by atoms with Crippen LogP contribution >= 0.6 is 0 Å². The molecule has 0 N–H and O–H groups in total. The first kappa shape index (κ1) is 10.5. The fourth-order valence-electron chi connectivity index (χ4n) is 1.59. The predicted molar refractivity (Wildman–Crippen MR) is 56.8 cm³/mol. The summed E-state index contributed by atoms with van der Waals surface area (Å²) in [6, 6.07) is 0. The fraction of sp³-hybridized carbons (Fsp3) is 0.800. The highest BCUT2D eigenvalue weighted by Crippen LogP contribution is 2.06. The standard InChI is InChI=1S/C10H21N3/c1-10(9-11(2)3)13-7-5-12(4)6-8-13/h1,5-9H2,2-4H3. The van der Waals surface area contributed by atoms with Crippen molar-refractivity contribution >= 4 is 0 Å². The van der Waals surface area contributed by atoms with Gasteiger partial charge in [-0.3, -0.25) is 0 Å². The third kappa shape index (κ3) is 3.36. The van der Waals surface area contributed by atoms with Gasteiger partial charge in [0.05, 0.1) is 0 Å². The van der Waals surface area contributed by atoms with Crippen molar-refractivity contribution in [2.75, 3.05) is 53.9 Å². The van der Waals surface area contributed by atoms with Crippen LogP contribution in [-0.2, 0) is 0 Å². The van der Waals surface area contributed by atoms with Crippen molar-refractivity contribution in [2.45, 2.75) is 0 Å². The van der Waals surface area contributed by atoms with Crippen molar-refractivity contribution in [3.8, 4) is 0 Å². The normalized spacial score (nSPS) is 19.5. The Bertz CT molecular complexity index is 169. The maximum absolute atomic E-state index is 4.11. The maximum atomic E-state index is 4.11. The Morgan fingerprint density at radius 2 is 1.77 bits per heavy atom. The molecule has 3 heteroatoms. The Balaban J connectivity index is 2.31. The lowest BCUT2D eigenvalue weighted by Gasteiger charge is -2.35. The lowest BCUT2D eigenvalue weighted by molar-refractivity contribution is 0.177. The smallest absolute Gasteiger partial charge is 0.0371 e. The second-order valence-electron chi connectivity index (χ2n) is 4.09. The van der Waals surface area contributed by atoms with E-state index in [9.17, 15) is 0 Å². The molecule has 0 aromatic carbocycles. The summed E-state index contributed by atoms with van der Waals surface area (Å²) < 4.78 is 0. The van der Waals surface area contributed by atoms with Crippen LogP contribution in [0.5, 0.6) is 0 Å². The molecule has 1 fully saturated rings. The van der Waals surface area contributed by atoms with Crippen LogP contribution in [0.1, 0.15) is 0 Å². The van der Waals surface area contributed by atoms with Gasteiger partial charge in [-0.1, -0.05) is 6.58 Å². The first-order valence-electron chi connectivity index (χ1n) is 4.85. The molecule has 0 spiro atoms. The fourth-order valence-corrected chi connectivity index (χ4v) is 1.59. The Morgan fingerprint density at radius 1 is 1.23 bits per heavy atom. The van der Waals surface area contributed by atoms with E-state index in [-0.39, 0.29) is 0 Å². The SMILES string of the molecule is C=C(CN(C)C)N1CCN(C)CC1. The Kier molecular flexibility index (Phi) is 3.75. The molecular formula is C10H21N3. The Labute approximate surface area is 81.6 Å². The van der Waals surface area contributed by atoms with Gasteiger partial charge in [-0.15, -0.1) is 0 Å². The van der Waals surface area contributed by atoms with Gasteiger partial charge in [-0.2, -0.15) is 0 Å². The molecule has 1 saturated heterocycles. The van der Waals surface area contributed by atoms with E-state index in [1.54, 1.807) is 0 Å². The number of piperazine rings is 1. The van der Waals surface area contributed by atoms with Crippen LogP contribution in [0.4, 0.5) is 0 Å². The van der Waals surface area contributed by atoms with Gasteiger partial charge in [0.1, 0.15) is 0 Å². The summed E-state index contributed by atoms with van der Waals surface area (Å²) >= 11 is 0. The monoisotopic (exact) mass is 183 g/mol. The molecule has 0 bridgehead atoms. The third-order valence-corrected chi connectivity index (χ3v) is 2.45. The average molecular weight is 183 g/mol. The molecule has 0 aromatic rings. The summed E-state index contributed by atoms with van der Waals surface area (Å²) in [5.41, 5.74) is 1.25. The summed E-state index contributed by atoms with van der Waals surface area (Å²) in [7, 11) is 6.34. The average Bonchev–Trinajstić information content (AvgIpc) is 2.04. The Hall–Kier alpha value is -0.540. The molecular weight excluding hydrogens is 162 g/mol. The minimum Gasteiger partial charge on any atom is -0.372 e. The van der Waals surface area contributed by atoms with Gasteiger partial charge in [0, 0.05) is 38.4 Å². The zero-order valence-electron chi connectivity index (χ0n) is 9.08. The van der Waals surface area contributed by atoms with Gasteiger partial charge in [-0.05, 0) is 21.1 Å². The van der Waals surface area contributed by atoms with Crippen LogP contribution in [0.3, 0.4) is 0 Å². The highest BCUT2D eigenvalue weighted by atomic mass is 15.3. The highest BCUT2D eigenvalue weighted by molar-refractivity contribution is 4.97. The van der Waals surface area contributed by atoms with Gasteiger partial charge >= 0.3 is 0 Å². The number of nitrogens with zero attached hydrogens (tertiary/aromatic N) is 3. The molecule has 0 radical (unpaired) electrons. The molecule has 1 heterocycles. The molecule has 0 amide bonds. The third-order valence-electron chi connectivity index (χ3n) is 2.45. The second kappa shape index (κ2) is 4.63. The summed E-state index contributed by atoms with van der Waals surface area (Å²) in [5.74, 6) is 0. The lowest BCUT2D eigenvalue weighted by atomic mass is 10.3. The van der Waals surface area contributed by atoms with Crippen molar-refractivity contribution in [3.63, 3.8) is 0 Å². The van der Waals surface area contributed by atoms with Gasteiger partial charge in [0.2, 0.25) is 0 Å². The molecule has 1 aliphatic heterocycles. The largest absolute Gasteiger partial charge is 0.372 e. The topological polar surface area (TPSA) is 9.72 Å². The van der Waals surface area contributed by atoms with E-state index in [0.29, 0.717) is 0 Å². The van der Waals surface area contributed by atoms with Crippen molar-refractivity contribution in [3.05, 3.63) is 12.3 Å². The molecule has 0 aliphatic carbocycles. The second-order valence-corrected chi connectivity index (χ2v) is 4.09. The minimum atomic E-state index is 0.976. The molecule has 0 saturated carbocycles. The molecule has 0 aromatic heterocycles. The van der Waals surface area contributed by atoms with Crippen LogP contribution in [0.25, 0.3) is 0 Å². The summed E-state index contributed by atoms with van der Waals surface area (Å²) in [4.78, 5) is 6.92. The molecule has 3 nitrogen and oxygen atoms in total. The molecule has 13 heavy (non-hydrogen) atoms. The summed E-state index contributed by atoms with van der Waals surface area (Å²) in [6.07, 6.45) is 0. The van der Waals surface area contributed by atoms with E-state index >= 15 is 0 Å². The van der Waals surface area contributed by atoms with Crippen molar-refractivity contribution < 1.29 is 0 Å². The molecule has 1 rings (SSSR count). The van der Waals surface area contributed by atoms with Gasteiger partial charge in [-0.25, -0.2) is 0 Å². The minimum absolute atomic E-state index is 0.976. The van der Waals surface area contributed by atoms with E-state index in [1.807, 2.05) is 0 Å². The van der Waals surface area contributed by atoms with Crippen molar-refractivity contribution in [1.29, 1.82) is 0 Å². The first-order valence-corrected chi connectivity index (χ1v) is 4.85.